The highest BCUT2D eigenvalue weighted by Gasteiger charge is 2.36. The van der Waals surface area contributed by atoms with E-state index in [1.807, 2.05) is 57.8 Å². The summed E-state index contributed by atoms with van der Waals surface area (Å²) >= 11 is 0. The van der Waals surface area contributed by atoms with Crippen LogP contribution in [0.3, 0.4) is 0 Å². The number of rotatable bonds is 3. The van der Waals surface area contributed by atoms with Gasteiger partial charge in [-0.15, -0.1) is 0 Å². The molecular formula is C27H32FN7O2. The summed E-state index contributed by atoms with van der Waals surface area (Å²) in [7, 11) is 1.85. The minimum absolute atomic E-state index is 0.0583. The van der Waals surface area contributed by atoms with E-state index < -0.39 is 5.60 Å². The number of aryl methyl sites for hydroxylation is 1. The second-order valence-corrected chi connectivity index (χ2v) is 10.6. The second kappa shape index (κ2) is 9.17. The molecule has 10 heteroatoms. The zero-order chi connectivity index (χ0) is 26.5. The zero-order valence-corrected chi connectivity index (χ0v) is 22.0. The molecule has 37 heavy (non-hydrogen) atoms. The van der Waals surface area contributed by atoms with E-state index in [-0.39, 0.29) is 24.0 Å². The van der Waals surface area contributed by atoms with E-state index in [1.54, 1.807) is 27.9 Å². The van der Waals surface area contributed by atoms with Crippen molar-refractivity contribution in [3.05, 3.63) is 55.0 Å². The van der Waals surface area contributed by atoms with Crippen molar-refractivity contribution in [3.63, 3.8) is 0 Å². The molecule has 1 aliphatic rings. The van der Waals surface area contributed by atoms with E-state index in [9.17, 15) is 4.79 Å². The molecule has 0 N–H and O–H groups in total. The minimum Gasteiger partial charge on any atom is -0.444 e. The van der Waals surface area contributed by atoms with Gasteiger partial charge in [0, 0.05) is 55.7 Å². The minimum atomic E-state index is -0.570. The Hall–Kier alpha value is -3.95. The average molecular weight is 506 g/mol. The van der Waals surface area contributed by atoms with E-state index in [1.165, 1.54) is 12.4 Å². The number of amides is 1. The van der Waals surface area contributed by atoms with Crippen molar-refractivity contribution in [3.8, 4) is 16.8 Å². The van der Waals surface area contributed by atoms with Gasteiger partial charge in [0.15, 0.2) is 5.65 Å². The Labute approximate surface area is 215 Å². The molecule has 0 aliphatic carbocycles. The number of halogens is 1. The number of fused-ring (bicyclic) bond motifs is 1. The number of carbonyl (C=O) groups is 1. The quantitative estimate of drug-likeness (QED) is 0.398. The van der Waals surface area contributed by atoms with Crippen molar-refractivity contribution in [2.24, 2.45) is 7.05 Å². The van der Waals surface area contributed by atoms with E-state index in [2.05, 4.69) is 21.9 Å². The standard InChI is InChI=1S/C27H32FN7O2/c1-17-13-34(26(36)37-27(3,4)5)18(2)12-33(17)24-23-21(20-9-7-8-10-22(20)28)15-35(25(23)30-16-29-24)19-11-31-32(6)14-19/h7-11,14-18H,12-13H2,1-6H3/t17?,18-/m0/s1. The first-order chi connectivity index (χ1) is 17.5. The first-order valence-electron chi connectivity index (χ1n) is 12.4. The maximum atomic E-state index is 15.1. The van der Waals surface area contributed by atoms with Crippen LogP contribution < -0.4 is 4.90 Å². The molecule has 9 nitrogen and oxygen atoms in total. The maximum Gasteiger partial charge on any atom is 0.410 e. The number of hydrogen-bond acceptors (Lipinski definition) is 6. The fraction of sp³-hybridized carbons (Fsp3) is 0.407. The summed E-state index contributed by atoms with van der Waals surface area (Å²) in [6.45, 7) is 10.7. The van der Waals surface area contributed by atoms with Crippen LogP contribution in [0.2, 0.25) is 0 Å². The monoisotopic (exact) mass is 505 g/mol. The molecule has 0 bridgehead atoms. The van der Waals surface area contributed by atoms with E-state index in [4.69, 9.17) is 9.72 Å². The molecule has 1 aromatic carbocycles. The lowest BCUT2D eigenvalue weighted by atomic mass is 10.0. The molecule has 1 saturated heterocycles. The number of hydrogen-bond donors (Lipinski definition) is 0. The lowest BCUT2D eigenvalue weighted by Gasteiger charge is -2.44. The number of anilines is 1. The van der Waals surface area contributed by atoms with Crippen LogP contribution in [-0.2, 0) is 11.8 Å². The summed E-state index contributed by atoms with van der Waals surface area (Å²) < 4.78 is 24.3. The molecule has 0 radical (unpaired) electrons. The number of benzene rings is 1. The molecule has 1 aliphatic heterocycles. The summed E-state index contributed by atoms with van der Waals surface area (Å²) in [5.74, 6) is 0.382. The maximum absolute atomic E-state index is 15.1. The zero-order valence-electron chi connectivity index (χ0n) is 22.0. The van der Waals surface area contributed by atoms with Gasteiger partial charge in [-0.2, -0.15) is 5.10 Å². The Morgan fingerprint density at radius 2 is 1.81 bits per heavy atom. The van der Waals surface area contributed by atoms with Gasteiger partial charge in [0.05, 0.1) is 17.3 Å². The highest BCUT2D eigenvalue weighted by molar-refractivity contribution is 6.02. The van der Waals surface area contributed by atoms with Gasteiger partial charge in [-0.05, 0) is 40.7 Å². The van der Waals surface area contributed by atoms with Crippen molar-refractivity contribution in [2.75, 3.05) is 18.0 Å². The Balaban J connectivity index is 1.62. The molecule has 3 aromatic heterocycles. The Bertz CT molecular complexity index is 1450. The fourth-order valence-corrected chi connectivity index (χ4v) is 4.87. The molecule has 5 rings (SSSR count). The second-order valence-electron chi connectivity index (χ2n) is 10.6. The third kappa shape index (κ3) is 4.63. The molecule has 1 unspecified atom stereocenters. The van der Waals surface area contributed by atoms with E-state index >= 15 is 4.39 Å². The van der Waals surface area contributed by atoms with Crippen LogP contribution in [0.25, 0.3) is 27.8 Å². The number of carbonyl (C=O) groups excluding carboxylic acids is 1. The predicted octanol–water partition coefficient (Wildman–Crippen LogP) is 4.79. The number of aromatic nitrogens is 5. The molecule has 194 valence electrons. The summed E-state index contributed by atoms with van der Waals surface area (Å²) in [4.78, 5) is 26.1. The van der Waals surface area contributed by atoms with Gasteiger partial charge in [0.25, 0.3) is 0 Å². The van der Waals surface area contributed by atoms with Crippen LogP contribution in [0.15, 0.2) is 49.2 Å². The van der Waals surface area contributed by atoms with Gasteiger partial charge in [-0.1, -0.05) is 18.2 Å². The van der Waals surface area contributed by atoms with Crippen LogP contribution in [-0.4, -0.2) is 66.1 Å². The largest absolute Gasteiger partial charge is 0.444 e. The van der Waals surface area contributed by atoms with Gasteiger partial charge < -0.3 is 14.5 Å². The van der Waals surface area contributed by atoms with Crippen molar-refractivity contribution in [1.82, 2.24) is 29.2 Å². The highest BCUT2D eigenvalue weighted by atomic mass is 19.1. The predicted molar refractivity (Wildman–Crippen MR) is 140 cm³/mol. The first kappa shape index (κ1) is 24.7. The van der Waals surface area contributed by atoms with Gasteiger partial charge in [-0.25, -0.2) is 19.2 Å². The van der Waals surface area contributed by atoms with Crippen molar-refractivity contribution >= 4 is 22.9 Å². The normalized spacial score (nSPS) is 18.5. The van der Waals surface area contributed by atoms with Crippen molar-refractivity contribution in [1.29, 1.82) is 0 Å². The van der Waals surface area contributed by atoms with Crippen LogP contribution in [0.5, 0.6) is 0 Å². The van der Waals surface area contributed by atoms with Crippen LogP contribution in [0, 0.1) is 5.82 Å². The van der Waals surface area contributed by atoms with Crippen LogP contribution in [0.1, 0.15) is 34.6 Å². The van der Waals surface area contributed by atoms with Gasteiger partial charge in [0.2, 0.25) is 0 Å². The lowest BCUT2D eigenvalue weighted by molar-refractivity contribution is 0.0130. The molecular weight excluding hydrogens is 473 g/mol. The summed E-state index contributed by atoms with van der Waals surface area (Å²) in [5.41, 5.74) is 2.07. The SMILES string of the molecule is CC1CN(C(=O)OC(C)(C)C)[C@@H](C)CN1c1ncnc2c1c(-c1ccccc1F)cn2-c1cnn(C)c1. The smallest absolute Gasteiger partial charge is 0.410 e. The van der Waals surface area contributed by atoms with E-state index in [0.29, 0.717) is 35.7 Å². The Morgan fingerprint density at radius 1 is 1.05 bits per heavy atom. The molecule has 4 heterocycles. The molecule has 1 fully saturated rings. The third-order valence-electron chi connectivity index (χ3n) is 6.58. The summed E-state index contributed by atoms with van der Waals surface area (Å²) in [5, 5.41) is 5.05. The van der Waals surface area contributed by atoms with Crippen LogP contribution >= 0.6 is 0 Å². The summed E-state index contributed by atoms with van der Waals surface area (Å²) in [6.07, 6.45) is 6.73. The molecule has 1 amide bonds. The number of ether oxygens (including phenoxy) is 1. The molecule has 0 spiro atoms. The number of nitrogens with zero attached hydrogens (tertiary/aromatic N) is 7. The first-order valence-corrected chi connectivity index (χ1v) is 12.4. The van der Waals surface area contributed by atoms with Gasteiger partial charge in [0.1, 0.15) is 23.6 Å². The molecule has 4 aromatic rings. The Kier molecular flexibility index (Phi) is 6.13. The van der Waals surface area contributed by atoms with Crippen LogP contribution in [0.4, 0.5) is 15.0 Å². The van der Waals surface area contributed by atoms with Gasteiger partial charge in [-0.3, -0.25) is 9.25 Å². The van der Waals surface area contributed by atoms with E-state index in [0.717, 1.165) is 11.1 Å². The highest BCUT2D eigenvalue weighted by Crippen LogP contribution is 2.39. The number of piperazine rings is 1. The average Bonchev–Trinajstić information content (AvgIpc) is 3.43. The van der Waals surface area contributed by atoms with Crippen molar-refractivity contribution in [2.45, 2.75) is 52.3 Å². The molecule has 2 atom stereocenters. The fourth-order valence-electron chi connectivity index (χ4n) is 4.87. The molecule has 0 saturated carbocycles. The van der Waals surface area contributed by atoms with Gasteiger partial charge >= 0.3 is 6.09 Å². The Morgan fingerprint density at radius 3 is 2.49 bits per heavy atom. The lowest BCUT2D eigenvalue weighted by Crippen LogP contribution is -2.59. The van der Waals surface area contributed by atoms with Crippen molar-refractivity contribution < 1.29 is 13.9 Å². The summed E-state index contributed by atoms with van der Waals surface area (Å²) in [6, 6.07) is 6.54. The topological polar surface area (TPSA) is 81.3 Å². The third-order valence-corrected chi connectivity index (χ3v) is 6.58.